The first kappa shape index (κ1) is 16.6. The first-order valence-corrected chi connectivity index (χ1v) is 8.70. The van der Waals surface area contributed by atoms with E-state index in [1.165, 1.54) is 5.56 Å². The maximum Gasteiger partial charge on any atom is 0.166 e. The molecule has 2 aliphatic rings. The van der Waals surface area contributed by atoms with Crippen LogP contribution < -0.4 is 14.8 Å². The average molecular weight is 319 g/mol. The molecule has 0 unspecified atom stereocenters. The highest BCUT2D eigenvalue weighted by molar-refractivity contribution is 5.46. The van der Waals surface area contributed by atoms with Crippen LogP contribution in [-0.2, 0) is 6.54 Å². The van der Waals surface area contributed by atoms with Gasteiger partial charge >= 0.3 is 0 Å². The van der Waals surface area contributed by atoms with Gasteiger partial charge in [0.25, 0.3) is 0 Å². The van der Waals surface area contributed by atoms with E-state index < -0.39 is 0 Å². The highest BCUT2D eigenvalue weighted by Gasteiger charge is 2.22. The minimum Gasteiger partial charge on any atom is -0.493 e. The van der Waals surface area contributed by atoms with Gasteiger partial charge < -0.3 is 19.7 Å². The molecule has 2 fully saturated rings. The molecule has 1 N–H and O–H groups in total. The third-order valence-corrected chi connectivity index (χ3v) is 4.83. The molecule has 23 heavy (non-hydrogen) atoms. The fraction of sp³-hybridized carbons (Fsp3) is 0.667. The highest BCUT2D eigenvalue weighted by Crippen LogP contribution is 2.34. The molecule has 0 amide bonds. The topological polar surface area (TPSA) is 37.0 Å². The van der Waals surface area contributed by atoms with E-state index in [2.05, 4.69) is 34.3 Å². The normalized spacial score (nSPS) is 21.3. The van der Waals surface area contributed by atoms with Gasteiger partial charge in [-0.25, -0.2) is 0 Å². The second-order valence-corrected chi connectivity index (χ2v) is 6.60. The predicted molar refractivity (Wildman–Crippen MR) is 92.3 cm³/mol. The van der Waals surface area contributed by atoms with E-state index in [-0.39, 0.29) is 0 Å². The summed E-state index contributed by atoms with van der Waals surface area (Å²) in [6, 6.07) is 6.25. The van der Waals surface area contributed by atoms with Gasteiger partial charge in [-0.2, -0.15) is 0 Å². The molecule has 0 aliphatic carbocycles. The van der Waals surface area contributed by atoms with Gasteiger partial charge in [-0.15, -0.1) is 0 Å². The summed E-state index contributed by atoms with van der Waals surface area (Å²) < 4.78 is 12.0. The van der Waals surface area contributed by atoms with Crippen molar-refractivity contribution in [2.45, 2.75) is 25.5 Å². The number of ether oxygens (including phenoxy) is 2. The molecule has 0 atom stereocenters. The zero-order chi connectivity index (χ0) is 16.1. The van der Waals surface area contributed by atoms with Crippen LogP contribution in [0.4, 0.5) is 0 Å². The zero-order valence-electron chi connectivity index (χ0n) is 14.4. The summed E-state index contributed by atoms with van der Waals surface area (Å²) in [4.78, 5) is 4.84. The van der Waals surface area contributed by atoms with E-state index in [0.717, 1.165) is 70.2 Å². The Hall–Kier alpha value is -1.30. The number of rotatable bonds is 5. The molecule has 2 heterocycles. The van der Waals surface area contributed by atoms with Gasteiger partial charge in [0.1, 0.15) is 6.10 Å². The largest absolute Gasteiger partial charge is 0.493 e. The predicted octanol–water partition coefficient (Wildman–Crippen LogP) is 1.57. The van der Waals surface area contributed by atoms with Gasteiger partial charge in [0, 0.05) is 51.4 Å². The van der Waals surface area contributed by atoms with Crippen molar-refractivity contribution in [3.63, 3.8) is 0 Å². The van der Waals surface area contributed by atoms with Crippen LogP contribution in [0, 0.1) is 0 Å². The van der Waals surface area contributed by atoms with E-state index >= 15 is 0 Å². The number of piperidine rings is 1. The minimum absolute atomic E-state index is 0.296. The van der Waals surface area contributed by atoms with Crippen LogP contribution in [-0.4, -0.2) is 69.3 Å². The molecule has 5 heteroatoms. The monoisotopic (exact) mass is 319 g/mol. The lowest BCUT2D eigenvalue weighted by Crippen LogP contribution is -2.43. The summed E-state index contributed by atoms with van der Waals surface area (Å²) in [5, 5.41) is 3.41. The van der Waals surface area contributed by atoms with Crippen LogP contribution in [0.3, 0.4) is 0 Å². The second kappa shape index (κ2) is 7.99. The fourth-order valence-corrected chi connectivity index (χ4v) is 3.36. The fourth-order valence-electron chi connectivity index (χ4n) is 3.36. The third kappa shape index (κ3) is 4.37. The Kier molecular flexibility index (Phi) is 5.75. The first-order chi connectivity index (χ1) is 11.3. The number of benzene rings is 1. The first-order valence-electron chi connectivity index (χ1n) is 8.70. The number of piperazine rings is 1. The maximum atomic E-state index is 6.40. The smallest absolute Gasteiger partial charge is 0.166 e. The van der Waals surface area contributed by atoms with Gasteiger partial charge in [-0.3, -0.25) is 4.90 Å². The Morgan fingerprint density at radius 3 is 2.57 bits per heavy atom. The number of nitrogens with zero attached hydrogens (tertiary/aromatic N) is 2. The summed E-state index contributed by atoms with van der Waals surface area (Å²) in [5.74, 6) is 1.81. The molecule has 0 bridgehead atoms. The zero-order valence-corrected chi connectivity index (χ0v) is 14.4. The van der Waals surface area contributed by atoms with Crippen molar-refractivity contribution >= 4 is 0 Å². The molecule has 0 spiro atoms. The van der Waals surface area contributed by atoms with Gasteiger partial charge in [0.05, 0.1) is 7.11 Å². The van der Waals surface area contributed by atoms with E-state index in [4.69, 9.17) is 9.47 Å². The summed E-state index contributed by atoms with van der Waals surface area (Å²) in [7, 11) is 3.90. The standard InChI is InChI=1S/C18H29N3O2/c1-20-10-6-16(7-11-20)23-18-15(4-3-5-17(18)22-2)14-21-12-8-19-9-13-21/h3-5,16,19H,6-14H2,1-2H3. The number of hydrogen-bond acceptors (Lipinski definition) is 5. The highest BCUT2D eigenvalue weighted by atomic mass is 16.5. The molecular formula is C18H29N3O2. The van der Waals surface area contributed by atoms with Crippen molar-refractivity contribution in [3.05, 3.63) is 23.8 Å². The second-order valence-electron chi connectivity index (χ2n) is 6.60. The summed E-state index contributed by atoms with van der Waals surface area (Å²) >= 11 is 0. The van der Waals surface area contributed by atoms with Gasteiger partial charge in [-0.05, 0) is 26.0 Å². The average Bonchev–Trinajstić information content (AvgIpc) is 2.59. The van der Waals surface area contributed by atoms with Crippen LogP contribution in [0.25, 0.3) is 0 Å². The molecule has 128 valence electrons. The lowest BCUT2D eigenvalue weighted by molar-refractivity contribution is 0.108. The Morgan fingerprint density at radius 2 is 1.87 bits per heavy atom. The Balaban J connectivity index is 1.73. The molecule has 0 radical (unpaired) electrons. The van der Waals surface area contributed by atoms with Gasteiger partial charge in [0.15, 0.2) is 11.5 Å². The van der Waals surface area contributed by atoms with Gasteiger partial charge in [-0.1, -0.05) is 12.1 Å². The molecule has 5 nitrogen and oxygen atoms in total. The number of likely N-dealkylation sites (tertiary alicyclic amines) is 1. The van der Waals surface area contributed by atoms with Crippen molar-refractivity contribution < 1.29 is 9.47 Å². The third-order valence-electron chi connectivity index (χ3n) is 4.83. The van der Waals surface area contributed by atoms with Crippen molar-refractivity contribution in [2.24, 2.45) is 0 Å². The van der Waals surface area contributed by atoms with Crippen molar-refractivity contribution in [2.75, 3.05) is 53.4 Å². The number of hydrogen-bond donors (Lipinski definition) is 1. The summed E-state index contributed by atoms with van der Waals surface area (Å²) in [6.45, 7) is 7.45. The van der Waals surface area contributed by atoms with Crippen LogP contribution in [0.1, 0.15) is 18.4 Å². The Morgan fingerprint density at radius 1 is 1.13 bits per heavy atom. The number of para-hydroxylation sites is 1. The molecule has 2 saturated heterocycles. The minimum atomic E-state index is 0.296. The summed E-state index contributed by atoms with van der Waals surface area (Å²) in [5.41, 5.74) is 1.24. The van der Waals surface area contributed by atoms with Crippen molar-refractivity contribution in [1.29, 1.82) is 0 Å². The van der Waals surface area contributed by atoms with E-state index in [0.29, 0.717) is 6.10 Å². The van der Waals surface area contributed by atoms with Crippen molar-refractivity contribution in [3.8, 4) is 11.5 Å². The molecular weight excluding hydrogens is 290 g/mol. The molecule has 0 aromatic heterocycles. The SMILES string of the molecule is COc1cccc(CN2CCNCC2)c1OC1CCN(C)CC1. The quantitative estimate of drug-likeness (QED) is 0.892. The number of methoxy groups -OCH3 is 1. The number of nitrogens with one attached hydrogen (secondary N) is 1. The molecule has 2 aliphatic heterocycles. The molecule has 0 saturated carbocycles. The Labute approximate surface area is 139 Å². The van der Waals surface area contributed by atoms with E-state index in [9.17, 15) is 0 Å². The lowest BCUT2D eigenvalue weighted by atomic mass is 10.1. The van der Waals surface area contributed by atoms with Crippen molar-refractivity contribution in [1.82, 2.24) is 15.1 Å². The molecule has 3 rings (SSSR count). The maximum absolute atomic E-state index is 6.40. The lowest BCUT2D eigenvalue weighted by Gasteiger charge is -2.32. The Bertz CT molecular complexity index is 495. The molecule has 1 aromatic rings. The van der Waals surface area contributed by atoms with Crippen LogP contribution in [0.5, 0.6) is 11.5 Å². The van der Waals surface area contributed by atoms with Crippen LogP contribution >= 0.6 is 0 Å². The van der Waals surface area contributed by atoms with Gasteiger partial charge in [0.2, 0.25) is 0 Å². The van der Waals surface area contributed by atoms with E-state index in [1.807, 2.05) is 6.07 Å². The summed E-state index contributed by atoms with van der Waals surface area (Å²) in [6.07, 6.45) is 2.47. The molecule has 1 aromatic carbocycles. The van der Waals surface area contributed by atoms with Crippen LogP contribution in [0.2, 0.25) is 0 Å². The van der Waals surface area contributed by atoms with Crippen LogP contribution in [0.15, 0.2) is 18.2 Å². The van der Waals surface area contributed by atoms with E-state index in [1.54, 1.807) is 7.11 Å².